The molecule has 0 spiro atoms. The number of fused-ring (bicyclic) bond motifs is 1. The summed E-state index contributed by atoms with van der Waals surface area (Å²) >= 11 is 0. The maximum Gasteiger partial charge on any atom is -0.0386 e. The Morgan fingerprint density at radius 3 is 1.62 bits per heavy atom. The van der Waals surface area contributed by atoms with E-state index in [0.717, 1.165) is 17.8 Å². The van der Waals surface area contributed by atoms with Gasteiger partial charge in [0.1, 0.15) is 0 Å². The minimum absolute atomic E-state index is 0. The average molecular weight is 184 g/mol. The molecule has 2 atom stereocenters. The lowest BCUT2D eigenvalue weighted by atomic mass is 9.77. The van der Waals surface area contributed by atoms with Gasteiger partial charge in [0.05, 0.1) is 0 Å². The molecule has 2 fully saturated rings. The minimum atomic E-state index is 0. The van der Waals surface area contributed by atoms with Crippen molar-refractivity contribution in [1.29, 1.82) is 0 Å². The molecule has 0 saturated heterocycles. The van der Waals surface area contributed by atoms with Gasteiger partial charge >= 0.3 is 0 Å². The molecule has 0 heterocycles. The van der Waals surface area contributed by atoms with E-state index in [0.29, 0.717) is 0 Å². The van der Waals surface area contributed by atoms with Gasteiger partial charge < -0.3 is 5.48 Å². The first-order chi connectivity index (χ1) is 5.86. The summed E-state index contributed by atoms with van der Waals surface area (Å²) in [6.45, 7) is 2.44. The predicted molar refractivity (Wildman–Crippen MR) is 56.7 cm³/mol. The van der Waals surface area contributed by atoms with Gasteiger partial charge in [0, 0.05) is 0 Å². The summed E-state index contributed by atoms with van der Waals surface area (Å²) in [5.41, 5.74) is 0. The molecule has 1 heteroatoms. The molecule has 13 heavy (non-hydrogen) atoms. The summed E-state index contributed by atoms with van der Waals surface area (Å²) in [5, 5.41) is 0. The SMILES string of the molecule is CC1CCC2CCCCC2CC1.O. The molecular weight excluding hydrogens is 160 g/mol. The van der Waals surface area contributed by atoms with E-state index in [4.69, 9.17) is 0 Å². The van der Waals surface area contributed by atoms with Crippen molar-refractivity contribution in [3.63, 3.8) is 0 Å². The predicted octanol–water partition coefficient (Wildman–Crippen LogP) is 3.18. The van der Waals surface area contributed by atoms with E-state index in [1.807, 2.05) is 0 Å². The summed E-state index contributed by atoms with van der Waals surface area (Å²) in [6.07, 6.45) is 12.3. The van der Waals surface area contributed by atoms with E-state index in [1.54, 1.807) is 25.7 Å². The third-order valence-electron chi connectivity index (χ3n) is 4.13. The van der Waals surface area contributed by atoms with Crippen molar-refractivity contribution in [2.45, 2.75) is 58.3 Å². The van der Waals surface area contributed by atoms with E-state index >= 15 is 0 Å². The lowest BCUT2D eigenvalue weighted by Crippen LogP contribution is -2.17. The zero-order chi connectivity index (χ0) is 8.39. The summed E-state index contributed by atoms with van der Waals surface area (Å²) in [6, 6.07) is 0. The topological polar surface area (TPSA) is 31.5 Å². The molecule has 1 nitrogen and oxygen atoms in total. The summed E-state index contributed by atoms with van der Waals surface area (Å²) in [7, 11) is 0. The smallest absolute Gasteiger partial charge is 0.0386 e. The zero-order valence-electron chi connectivity index (χ0n) is 8.89. The fourth-order valence-corrected chi connectivity index (χ4v) is 3.19. The van der Waals surface area contributed by atoms with Crippen molar-refractivity contribution in [2.24, 2.45) is 17.8 Å². The standard InChI is InChI=1S/C12H22.H2O/c1-10-6-8-11-4-2-3-5-12(11)9-7-10;/h10-12H,2-9H2,1H3;1H2. The fraction of sp³-hybridized carbons (Fsp3) is 1.00. The Labute approximate surface area is 82.2 Å². The quantitative estimate of drug-likeness (QED) is 0.554. The maximum atomic E-state index is 2.44. The number of hydrogen-bond acceptors (Lipinski definition) is 0. The molecule has 2 unspecified atom stereocenters. The monoisotopic (exact) mass is 184 g/mol. The van der Waals surface area contributed by atoms with Crippen LogP contribution in [0.15, 0.2) is 0 Å². The van der Waals surface area contributed by atoms with Crippen LogP contribution < -0.4 is 0 Å². The second-order valence-corrected chi connectivity index (χ2v) is 5.06. The van der Waals surface area contributed by atoms with E-state index in [1.165, 1.54) is 25.7 Å². The van der Waals surface area contributed by atoms with Gasteiger partial charge in [0.25, 0.3) is 0 Å². The normalized spacial score (nSPS) is 39.9. The molecular formula is C12H24O. The Morgan fingerprint density at radius 2 is 1.15 bits per heavy atom. The van der Waals surface area contributed by atoms with E-state index in [2.05, 4.69) is 6.92 Å². The van der Waals surface area contributed by atoms with Crippen LogP contribution in [0.5, 0.6) is 0 Å². The molecule has 0 aliphatic heterocycles. The van der Waals surface area contributed by atoms with E-state index in [9.17, 15) is 0 Å². The van der Waals surface area contributed by atoms with Crippen LogP contribution in [-0.2, 0) is 0 Å². The van der Waals surface area contributed by atoms with Crippen molar-refractivity contribution in [1.82, 2.24) is 0 Å². The van der Waals surface area contributed by atoms with Crippen LogP contribution in [0.2, 0.25) is 0 Å². The third kappa shape index (κ3) is 2.70. The van der Waals surface area contributed by atoms with E-state index < -0.39 is 0 Å². The third-order valence-corrected chi connectivity index (χ3v) is 4.13. The molecule has 0 aromatic rings. The largest absolute Gasteiger partial charge is 0.412 e. The highest BCUT2D eigenvalue weighted by molar-refractivity contribution is 4.79. The van der Waals surface area contributed by atoms with Crippen molar-refractivity contribution < 1.29 is 5.48 Å². The molecule has 0 radical (unpaired) electrons. The Hall–Kier alpha value is -0.0400. The van der Waals surface area contributed by atoms with Crippen molar-refractivity contribution in [2.75, 3.05) is 0 Å². The molecule has 2 rings (SSSR count). The Balaban J connectivity index is 0.000000845. The highest BCUT2D eigenvalue weighted by Gasteiger charge is 2.27. The maximum absolute atomic E-state index is 2.44. The summed E-state index contributed by atoms with van der Waals surface area (Å²) < 4.78 is 0. The Morgan fingerprint density at radius 1 is 0.692 bits per heavy atom. The van der Waals surface area contributed by atoms with Gasteiger partial charge in [-0.05, 0) is 30.6 Å². The van der Waals surface area contributed by atoms with Crippen LogP contribution in [-0.4, -0.2) is 5.48 Å². The van der Waals surface area contributed by atoms with Crippen LogP contribution in [0, 0.1) is 17.8 Å². The first kappa shape index (κ1) is 11.0. The second-order valence-electron chi connectivity index (χ2n) is 5.06. The lowest BCUT2D eigenvalue weighted by molar-refractivity contribution is 0.224. The van der Waals surface area contributed by atoms with Gasteiger partial charge in [-0.1, -0.05) is 45.4 Å². The highest BCUT2D eigenvalue weighted by atomic mass is 16.0. The van der Waals surface area contributed by atoms with Gasteiger partial charge in [0.15, 0.2) is 0 Å². The second kappa shape index (κ2) is 4.99. The van der Waals surface area contributed by atoms with Crippen LogP contribution >= 0.6 is 0 Å². The van der Waals surface area contributed by atoms with Gasteiger partial charge in [0.2, 0.25) is 0 Å². The zero-order valence-corrected chi connectivity index (χ0v) is 8.89. The van der Waals surface area contributed by atoms with Crippen molar-refractivity contribution in [3.8, 4) is 0 Å². The average Bonchev–Trinajstić information content (AvgIpc) is 2.29. The van der Waals surface area contributed by atoms with Gasteiger partial charge in [-0.3, -0.25) is 0 Å². The van der Waals surface area contributed by atoms with Gasteiger partial charge in [-0.15, -0.1) is 0 Å². The Bertz CT molecular complexity index is 128. The number of hydrogen-bond donors (Lipinski definition) is 0. The van der Waals surface area contributed by atoms with Gasteiger partial charge in [-0.2, -0.15) is 0 Å². The van der Waals surface area contributed by atoms with Crippen molar-refractivity contribution >= 4 is 0 Å². The van der Waals surface area contributed by atoms with Crippen LogP contribution in [0.4, 0.5) is 0 Å². The summed E-state index contributed by atoms with van der Waals surface area (Å²) in [4.78, 5) is 0. The molecule has 2 aliphatic carbocycles. The Kier molecular flexibility index (Phi) is 4.24. The molecule has 0 amide bonds. The van der Waals surface area contributed by atoms with Crippen molar-refractivity contribution in [3.05, 3.63) is 0 Å². The molecule has 78 valence electrons. The first-order valence-electron chi connectivity index (χ1n) is 5.86. The molecule has 2 aliphatic rings. The van der Waals surface area contributed by atoms with Gasteiger partial charge in [-0.25, -0.2) is 0 Å². The highest BCUT2D eigenvalue weighted by Crippen LogP contribution is 2.40. The minimum Gasteiger partial charge on any atom is -0.412 e. The van der Waals surface area contributed by atoms with Crippen LogP contribution in [0.1, 0.15) is 58.3 Å². The fourth-order valence-electron chi connectivity index (χ4n) is 3.19. The van der Waals surface area contributed by atoms with Crippen LogP contribution in [0.3, 0.4) is 0 Å². The van der Waals surface area contributed by atoms with E-state index in [-0.39, 0.29) is 5.48 Å². The molecule has 0 aromatic heterocycles. The lowest BCUT2D eigenvalue weighted by Gasteiger charge is -2.29. The molecule has 2 N–H and O–H groups in total. The molecule has 2 saturated carbocycles. The number of rotatable bonds is 0. The molecule has 0 bridgehead atoms. The molecule has 0 aromatic carbocycles. The van der Waals surface area contributed by atoms with Crippen LogP contribution in [0.25, 0.3) is 0 Å². The first-order valence-corrected chi connectivity index (χ1v) is 5.86. The summed E-state index contributed by atoms with van der Waals surface area (Å²) in [5.74, 6) is 3.28.